The Morgan fingerprint density at radius 2 is 2.19 bits per heavy atom. The van der Waals surface area contributed by atoms with Gasteiger partial charge in [0.05, 0.1) is 25.0 Å². The molecule has 0 radical (unpaired) electrons. The number of hydrogen-bond donors (Lipinski definition) is 1. The molecule has 1 aliphatic rings. The van der Waals surface area contributed by atoms with Crippen molar-refractivity contribution in [3.05, 3.63) is 47.9 Å². The molecule has 1 aliphatic heterocycles. The third kappa shape index (κ3) is 2.75. The maximum Gasteiger partial charge on any atom is 0.339 e. The molecule has 0 amide bonds. The number of benzene rings is 1. The van der Waals surface area contributed by atoms with Crippen LogP contribution in [0.25, 0.3) is 11.0 Å². The number of carbonyl (C=O) groups is 1. The van der Waals surface area contributed by atoms with Crippen molar-refractivity contribution in [2.45, 2.75) is 6.92 Å². The molecule has 0 fully saturated rings. The molecule has 0 saturated heterocycles. The first-order valence-electron chi connectivity index (χ1n) is 8.33. The van der Waals surface area contributed by atoms with Gasteiger partial charge in [0.25, 0.3) is 0 Å². The van der Waals surface area contributed by atoms with Crippen LogP contribution in [0.3, 0.4) is 0 Å². The van der Waals surface area contributed by atoms with Crippen molar-refractivity contribution in [1.82, 2.24) is 9.97 Å². The minimum atomic E-state index is -0.518. The van der Waals surface area contributed by atoms with Gasteiger partial charge in [-0.15, -0.1) is 0 Å². The molecule has 134 valence electrons. The zero-order chi connectivity index (χ0) is 18.3. The Bertz CT molecular complexity index is 985. The van der Waals surface area contributed by atoms with E-state index >= 15 is 0 Å². The van der Waals surface area contributed by atoms with Crippen molar-refractivity contribution in [3.63, 3.8) is 0 Å². The highest BCUT2D eigenvalue weighted by molar-refractivity contribution is 5.97. The molecule has 0 saturated carbocycles. The third-order valence-corrected chi connectivity index (χ3v) is 4.43. The monoisotopic (exact) mass is 355 g/mol. The van der Waals surface area contributed by atoms with Crippen molar-refractivity contribution in [2.75, 3.05) is 25.2 Å². The summed E-state index contributed by atoms with van der Waals surface area (Å²) in [5.41, 5.74) is 2.14. The Morgan fingerprint density at radius 3 is 3.00 bits per heavy atom. The summed E-state index contributed by atoms with van der Waals surface area (Å²) in [6, 6.07) is 7.87. The molecule has 4 rings (SSSR count). The van der Waals surface area contributed by atoms with E-state index in [4.69, 9.17) is 9.47 Å². The Morgan fingerprint density at radius 1 is 1.35 bits per heavy atom. The van der Waals surface area contributed by atoms with Crippen LogP contribution in [0.2, 0.25) is 0 Å². The first-order chi connectivity index (χ1) is 12.6. The molecule has 0 spiro atoms. The number of carbonyl (C=O) groups excluding carboxylic acids is 1. The number of fused-ring (bicyclic) bond motifs is 2. The summed E-state index contributed by atoms with van der Waals surface area (Å²) in [6.07, 6.45) is 1.80. The van der Waals surface area contributed by atoms with E-state index in [9.17, 15) is 9.18 Å². The third-order valence-electron chi connectivity index (χ3n) is 4.43. The lowest BCUT2D eigenvalue weighted by Gasteiger charge is -2.27. The molecule has 1 atom stereocenters. The number of ether oxygens (including phenoxy) is 2. The van der Waals surface area contributed by atoms with Crippen molar-refractivity contribution in [3.8, 4) is 5.88 Å². The van der Waals surface area contributed by atoms with Crippen molar-refractivity contribution in [2.24, 2.45) is 5.92 Å². The normalized spacial score (nSPS) is 16.7. The first-order valence-corrected chi connectivity index (χ1v) is 8.33. The minimum Gasteiger partial charge on any atom is -0.476 e. The fourth-order valence-corrected chi connectivity index (χ4v) is 3.18. The number of halogens is 1. The molecule has 7 heteroatoms. The zero-order valence-corrected chi connectivity index (χ0v) is 14.5. The van der Waals surface area contributed by atoms with Gasteiger partial charge in [0, 0.05) is 24.0 Å². The molecular weight excluding hydrogens is 337 g/mol. The fraction of sp³-hybridized carbons (Fsp3) is 0.263. The lowest BCUT2D eigenvalue weighted by atomic mass is 10.1. The average molecular weight is 355 g/mol. The second-order valence-electron chi connectivity index (χ2n) is 6.41. The summed E-state index contributed by atoms with van der Waals surface area (Å²) in [6.45, 7) is 3.06. The molecular formula is C19H18FN3O3. The number of rotatable bonds is 2. The number of esters is 1. The Kier molecular flexibility index (Phi) is 3.99. The molecule has 6 nitrogen and oxygen atoms in total. The van der Waals surface area contributed by atoms with Crippen molar-refractivity contribution in [1.29, 1.82) is 0 Å². The van der Waals surface area contributed by atoms with E-state index in [-0.39, 0.29) is 5.92 Å². The summed E-state index contributed by atoms with van der Waals surface area (Å²) < 4.78 is 24.8. The van der Waals surface area contributed by atoms with Crippen molar-refractivity contribution >= 4 is 28.4 Å². The summed E-state index contributed by atoms with van der Waals surface area (Å²) in [5.74, 6) is -0.349. The van der Waals surface area contributed by atoms with Crippen LogP contribution in [0.1, 0.15) is 17.3 Å². The number of pyridine rings is 1. The number of anilines is 2. The molecule has 1 unspecified atom stereocenters. The predicted molar refractivity (Wildman–Crippen MR) is 95.5 cm³/mol. The van der Waals surface area contributed by atoms with Crippen LogP contribution in [0.4, 0.5) is 15.8 Å². The van der Waals surface area contributed by atoms with Gasteiger partial charge in [0.1, 0.15) is 17.2 Å². The Labute approximate surface area is 149 Å². The Balaban J connectivity index is 1.93. The second kappa shape index (κ2) is 6.33. The van der Waals surface area contributed by atoms with Gasteiger partial charge < -0.3 is 19.4 Å². The maximum atomic E-state index is 14.0. The lowest BCUT2D eigenvalue weighted by Crippen LogP contribution is -2.25. The Hall–Kier alpha value is -3.09. The molecule has 1 aromatic carbocycles. The minimum absolute atomic E-state index is 0.149. The number of nitrogens with zero attached hydrogens (tertiary/aromatic N) is 2. The van der Waals surface area contributed by atoms with Crippen LogP contribution >= 0.6 is 0 Å². The highest BCUT2D eigenvalue weighted by Gasteiger charge is 2.27. The van der Waals surface area contributed by atoms with Crippen LogP contribution < -0.4 is 9.64 Å². The van der Waals surface area contributed by atoms with Gasteiger partial charge in [-0.1, -0.05) is 6.92 Å². The van der Waals surface area contributed by atoms with Gasteiger partial charge in [-0.3, -0.25) is 0 Å². The number of nitrogens with one attached hydrogen (secondary N) is 1. The van der Waals surface area contributed by atoms with E-state index in [1.807, 2.05) is 24.0 Å². The van der Waals surface area contributed by atoms with Crippen molar-refractivity contribution < 1.29 is 18.7 Å². The summed E-state index contributed by atoms with van der Waals surface area (Å²) in [4.78, 5) is 21.7. The fourth-order valence-electron chi connectivity index (χ4n) is 3.18. The van der Waals surface area contributed by atoms with Gasteiger partial charge >= 0.3 is 5.97 Å². The van der Waals surface area contributed by atoms with Gasteiger partial charge in [0.2, 0.25) is 5.88 Å². The molecule has 2 aromatic heterocycles. The van der Waals surface area contributed by atoms with Gasteiger partial charge in [0.15, 0.2) is 0 Å². The average Bonchev–Trinajstić information content (AvgIpc) is 3.03. The number of hydrogen-bond acceptors (Lipinski definition) is 5. The number of H-pyrrole nitrogens is 1. The quantitative estimate of drug-likeness (QED) is 0.711. The number of methoxy groups -OCH3 is 1. The standard InChI is InChI=1S/C19H18FN3O3/c1-11-9-23(15-8-13(20)3-4-14(15)19(24)25-2)16-7-12-5-6-21-17(12)22-18(16)26-10-11/h3-8,11H,9-10H2,1-2H3,(H,21,22). The van der Waals surface area contributed by atoms with E-state index in [0.29, 0.717) is 41.6 Å². The topological polar surface area (TPSA) is 67.4 Å². The van der Waals surface area contributed by atoms with Crippen LogP contribution in [0.15, 0.2) is 36.5 Å². The van der Waals surface area contributed by atoms with Gasteiger partial charge in [-0.05, 0) is 30.3 Å². The van der Waals surface area contributed by atoms with Crippen LogP contribution in [0, 0.1) is 11.7 Å². The molecule has 3 aromatic rings. The first kappa shape index (κ1) is 16.4. The zero-order valence-electron chi connectivity index (χ0n) is 14.5. The van der Waals surface area contributed by atoms with Gasteiger partial charge in [-0.2, -0.15) is 4.98 Å². The van der Waals surface area contributed by atoms with Crippen LogP contribution in [-0.2, 0) is 4.74 Å². The number of aromatic nitrogens is 2. The van der Waals surface area contributed by atoms with E-state index in [2.05, 4.69) is 9.97 Å². The van der Waals surface area contributed by atoms with E-state index in [1.54, 1.807) is 6.20 Å². The SMILES string of the molecule is COC(=O)c1ccc(F)cc1N1CC(C)COc2nc3[nH]ccc3cc21. The highest BCUT2D eigenvalue weighted by Crippen LogP contribution is 2.39. The smallest absolute Gasteiger partial charge is 0.339 e. The highest BCUT2D eigenvalue weighted by atomic mass is 19.1. The maximum absolute atomic E-state index is 14.0. The number of aromatic amines is 1. The summed E-state index contributed by atoms with van der Waals surface area (Å²) in [5, 5.41) is 0.905. The molecule has 0 aliphatic carbocycles. The summed E-state index contributed by atoms with van der Waals surface area (Å²) >= 11 is 0. The van der Waals surface area contributed by atoms with E-state index < -0.39 is 11.8 Å². The summed E-state index contributed by atoms with van der Waals surface area (Å²) in [7, 11) is 1.31. The second-order valence-corrected chi connectivity index (χ2v) is 6.41. The molecule has 3 heterocycles. The molecule has 26 heavy (non-hydrogen) atoms. The van der Waals surface area contributed by atoms with E-state index in [0.717, 1.165) is 5.39 Å². The largest absolute Gasteiger partial charge is 0.476 e. The van der Waals surface area contributed by atoms with E-state index in [1.165, 1.54) is 25.3 Å². The molecule has 1 N–H and O–H groups in total. The lowest BCUT2D eigenvalue weighted by molar-refractivity contribution is 0.0601. The van der Waals surface area contributed by atoms with Crippen LogP contribution in [-0.4, -0.2) is 36.2 Å². The van der Waals surface area contributed by atoms with Crippen LogP contribution in [0.5, 0.6) is 5.88 Å². The van der Waals surface area contributed by atoms with Gasteiger partial charge in [-0.25, -0.2) is 9.18 Å². The predicted octanol–water partition coefficient (Wildman–Crippen LogP) is 3.66. The molecule has 0 bridgehead atoms.